The first-order chi connectivity index (χ1) is 12.5. The minimum atomic E-state index is -0.865. The lowest BCUT2D eigenvalue weighted by atomic mass is 10.3. The van der Waals surface area contributed by atoms with E-state index in [1.165, 1.54) is 11.8 Å². The van der Waals surface area contributed by atoms with Gasteiger partial charge in [0.15, 0.2) is 11.8 Å². The molecular formula is C17H21N3O5S. The van der Waals surface area contributed by atoms with E-state index in [0.29, 0.717) is 0 Å². The van der Waals surface area contributed by atoms with Crippen LogP contribution in [0.25, 0.3) is 11.0 Å². The highest BCUT2D eigenvalue weighted by Gasteiger charge is 2.15. The molecular weight excluding hydrogens is 358 g/mol. The van der Waals surface area contributed by atoms with Crippen LogP contribution in [0.15, 0.2) is 29.4 Å². The number of imidazole rings is 1. The molecule has 0 radical (unpaired) electrons. The van der Waals surface area contributed by atoms with Crippen LogP contribution in [-0.2, 0) is 25.6 Å². The molecule has 2 aromatic rings. The Morgan fingerprint density at radius 3 is 2.69 bits per heavy atom. The number of esters is 1. The number of alkyl carbamates (subject to hydrolysis) is 1. The lowest BCUT2D eigenvalue weighted by Crippen LogP contribution is -2.34. The summed E-state index contributed by atoms with van der Waals surface area (Å²) in [6, 6.07) is 7.77. The van der Waals surface area contributed by atoms with Crippen molar-refractivity contribution < 1.29 is 23.9 Å². The Balaban J connectivity index is 1.87. The summed E-state index contributed by atoms with van der Waals surface area (Å²) in [5, 5.41) is 2.68. The minimum absolute atomic E-state index is 0.0136. The summed E-state index contributed by atoms with van der Waals surface area (Å²) in [5.41, 5.74) is 1.88. The van der Waals surface area contributed by atoms with Crippen LogP contribution >= 0.6 is 11.8 Å². The number of fused-ring (bicyclic) bond motifs is 1. The van der Waals surface area contributed by atoms with Crippen LogP contribution in [0.2, 0.25) is 0 Å². The molecule has 0 aliphatic carbocycles. The van der Waals surface area contributed by atoms with Crippen LogP contribution in [0.5, 0.6) is 0 Å². The Morgan fingerprint density at radius 2 is 1.96 bits per heavy atom. The molecule has 0 aliphatic rings. The number of carbonyl (C=O) groups excluding carboxylic acids is 3. The summed E-state index contributed by atoms with van der Waals surface area (Å²) in [6.07, 6.45) is 0.0723. The molecule has 140 valence electrons. The number of imide groups is 1. The van der Waals surface area contributed by atoms with E-state index in [4.69, 9.17) is 4.74 Å². The van der Waals surface area contributed by atoms with Crippen molar-refractivity contribution in [3.8, 4) is 0 Å². The molecule has 0 aliphatic heterocycles. The molecule has 0 spiro atoms. The highest BCUT2D eigenvalue weighted by Crippen LogP contribution is 2.24. The third-order valence-corrected chi connectivity index (χ3v) is 4.22. The Labute approximate surface area is 155 Å². The van der Waals surface area contributed by atoms with Crippen LogP contribution in [0.1, 0.15) is 20.3 Å². The second kappa shape index (κ2) is 9.81. The van der Waals surface area contributed by atoms with Gasteiger partial charge in [0.25, 0.3) is 5.91 Å². The van der Waals surface area contributed by atoms with Gasteiger partial charge >= 0.3 is 12.1 Å². The van der Waals surface area contributed by atoms with Crippen molar-refractivity contribution in [1.82, 2.24) is 14.9 Å². The molecule has 2 amide bonds. The molecule has 1 N–H and O–H groups in total. The maximum absolute atomic E-state index is 11.8. The number of thioether (sulfide) groups is 1. The fraction of sp³-hybridized carbons (Fsp3) is 0.412. The second-order valence-corrected chi connectivity index (χ2v) is 6.20. The fourth-order valence-corrected chi connectivity index (χ4v) is 3.07. The van der Waals surface area contributed by atoms with E-state index in [2.05, 4.69) is 21.2 Å². The summed E-state index contributed by atoms with van der Waals surface area (Å²) >= 11 is 1.25. The standard InChI is InChI=1S/C17H21N3O5S/c1-3-9-20-13-8-6-5-7-12(13)18-16(20)26-11-15(22)25-10-14(21)19-17(23)24-4-2/h5-8H,3-4,9-11H2,1-2H3,(H,19,21,23). The van der Waals surface area contributed by atoms with Gasteiger partial charge in [-0.25, -0.2) is 9.78 Å². The molecule has 0 bridgehead atoms. The first kappa shape index (κ1) is 19.8. The van der Waals surface area contributed by atoms with Crippen molar-refractivity contribution in [1.29, 1.82) is 0 Å². The smallest absolute Gasteiger partial charge is 0.413 e. The van der Waals surface area contributed by atoms with Crippen molar-refractivity contribution in [2.45, 2.75) is 32.0 Å². The zero-order chi connectivity index (χ0) is 18.9. The van der Waals surface area contributed by atoms with Gasteiger partial charge in [0.05, 0.1) is 23.4 Å². The minimum Gasteiger partial charge on any atom is -0.455 e. The summed E-state index contributed by atoms with van der Waals surface area (Å²) in [5.74, 6) is -1.29. The fourth-order valence-electron chi connectivity index (χ4n) is 2.23. The first-order valence-electron chi connectivity index (χ1n) is 8.25. The van der Waals surface area contributed by atoms with Crippen LogP contribution in [0.4, 0.5) is 4.79 Å². The van der Waals surface area contributed by atoms with Crippen LogP contribution in [0.3, 0.4) is 0 Å². The lowest BCUT2D eigenvalue weighted by Gasteiger charge is -2.08. The van der Waals surface area contributed by atoms with Crippen LogP contribution in [-0.4, -0.2) is 46.5 Å². The third kappa shape index (κ3) is 5.48. The van der Waals surface area contributed by atoms with Gasteiger partial charge in [0.1, 0.15) is 0 Å². The maximum atomic E-state index is 11.8. The quantitative estimate of drug-likeness (QED) is 0.555. The van der Waals surface area contributed by atoms with E-state index in [1.807, 2.05) is 29.6 Å². The summed E-state index contributed by atoms with van der Waals surface area (Å²) in [7, 11) is 0. The Hall–Kier alpha value is -2.55. The molecule has 1 heterocycles. The number of nitrogens with zero attached hydrogens (tertiary/aromatic N) is 2. The average molecular weight is 379 g/mol. The topological polar surface area (TPSA) is 99.5 Å². The number of hydrogen-bond acceptors (Lipinski definition) is 7. The van der Waals surface area contributed by atoms with E-state index < -0.39 is 24.6 Å². The zero-order valence-corrected chi connectivity index (χ0v) is 15.5. The molecule has 26 heavy (non-hydrogen) atoms. The Morgan fingerprint density at radius 1 is 1.19 bits per heavy atom. The van der Waals surface area contributed by atoms with Crippen LogP contribution < -0.4 is 5.32 Å². The Bertz CT molecular complexity index is 790. The monoisotopic (exact) mass is 379 g/mol. The number of hydrogen-bond donors (Lipinski definition) is 1. The van der Waals surface area contributed by atoms with Gasteiger partial charge in [0, 0.05) is 6.54 Å². The molecule has 0 atom stereocenters. The van der Waals surface area contributed by atoms with Gasteiger partial charge < -0.3 is 14.0 Å². The molecule has 0 saturated heterocycles. The molecule has 0 unspecified atom stereocenters. The van der Waals surface area contributed by atoms with E-state index in [0.717, 1.165) is 29.2 Å². The third-order valence-electron chi connectivity index (χ3n) is 3.27. The zero-order valence-electron chi connectivity index (χ0n) is 14.7. The van der Waals surface area contributed by atoms with E-state index in [1.54, 1.807) is 6.92 Å². The average Bonchev–Trinajstić information content (AvgIpc) is 2.96. The van der Waals surface area contributed by atoms with Gasteiger partial charge in [0.2, 0.25) is 0 Å². The predicted octanol–water partition coefficient (Wildman–Crippen LogP) is 2.35. The lowest BCUT2D eigenvalue weighted by molar-refractivity contribution is -0.145. The molecule has 1 aromatic carbocycles. The second-order valence-electron chi connectivity index (χ2n) is 5.25. The summed E-state index contributed by atoms with van der Waals surface area (Å²) in [4.78, 5) is 38.9. The number of amides is 2. The number of rotatable bonds is 8. The van der Waals surface area contributed by atoms with Crippen LogP contribution in [0, 0.1) is 0 Å². The summed E-state index contributed by atoms with van der Waals surface area (Å²) in [6.45, 7) is 4.09. The molecule has 2 rings (SSSR count). The number of aryl methyl sites for hydroxylation is 1. The highest BCUT2D eigenvalue weighted by molar-refractivity contribution is 7.99. The number of aromatic nitrogens is 2. The van der Waals surface area contributed by atoms with E-state index in [9.17, 15) is 14.4 Å². The number of nitrogens with one attached hydrogen (secondary N) is 1. The van der Waals surface area contributed by atoms with E-state index in [-0.39, 0.29) is 12.4 Å². The number of benzene rings is 1. The SMILES string of the molecule is CCCn1c(SCC(=O)OCC(=O)NC(=O)OCC)nc2ccccc21. The molecule has 0 fully saturated rings. The molecule has 1 aromatic heterocycles. The largest absolute Gasteiger partial charge is 0.455 e. The van der Waals surface area contributed by atoms with Crippen molar-refractivity contribution >= 4 is 40.8 Å². The van der Waals surface area contributed by atoms with Crippen molar-refractivity contribution in [2.24, 2.45) is 0 Å². The first-order valence-corrected chi connectivity index (χ1v) is 9.24. The number of carbonyl (C=O) groups is 3. The van der Waals surface area contributed by atoms with Crippen molar-refractivity contribution in [2.75, 3.05) is 19.0 Å². The van der Waals surface area contributed by atoms with Crippen molar-refractivity contribution in [3.63, 3.8) is 0 Å². The maximum Gasteiger partial charge on any atom is 0.413 e. The highest BCUT2D eigenvalue weighted by atomic mass is 32.2. The normalized spacial score (nSPS) is 10.5. The van der Waals surface area contributed by atoms with Crippen molar-refractivity contribution in [3.05, 3.63) is 24.3 Å². The van der Waals surface area contributed by atoms with Gasteiger partial charge in [-0.2, -0.15) is 0 Å². The predicted molar refractivity (Wildman–Crippen MR) is 96.9 cm³/mol. The van der Waals surface area contributed by atoms with E-state index >= 15 is 0 Å². The molecule has 9 heteroatoms. The Kier molecular flexibility index (Phi) is 7.46. The molecule has 0 saturated carbocycles. The van der Waals surface area contributed by atoms with Gasteiger partial charge in [-0.3, -0.25) is 14.9 Å². The van der Waals surface area contributed by atoms with Gasteiger partial charge in [-0.1, -0.05) is 30.8 Å². The van der Waals surface area contributed by atoms with Gasteiger partial charge in [-0.05, 0) is 25.5 Å². The number of para-hydroxylation sites is 2. The summed E-state index contributed by atoms with van der Waals surface area (Å²) < 4.78 is 11.5. The molecule has 8 nitrogen and oxygen atoms in total. The van der Waals surface area contributed by atoms with Gasteiger partial charge in [-0.15, -0.1) is 0 Å². The number of ether oxygens (including phenoxy) is 2.